The third-order valence-electron chi connectivity index (χ3n) is 4.02. The molecule has 1 amide bonds. The molecule has 140 valence electrons. The van der Waals surface area contributed by atoms with Crippen molar-refractivity contribution in [3.63, 3.8) is 0 Å². The minimum Gasteiger partial charge on any atom is -0.493 e. The molecule has 0 unspecified atom stereocenters. The van der Waals surface area contributed by atoms with Crippen LogP contribution in [0, 0.1) is 0 Å². The molecule has 0 aromatic heterocycles. The molecule has 6 heteroatoms. The van der Waals surface area contributed by atoms with Crippen molar-refractivity contribution < 1.29 is 19.0 Å². The first-order chi connectivity index (χ1) is 12.6. The van der Waals surface area contributed by atoms with Crippen molar-refractivity contribution in [1.29, 1.82) is 0 Å². The normalized spacial score (nSPS) is 10.5. The van der Waals surface area contributed by atoms with Gasteiger partial charge in [-0.2, -0.15) is 0 Å². The second kappa shape index (κ2) is 9.68. The molecule has 0 fully saturated rings. The Kier molecular flexibility index (Phi) is 7.29. The van der Waals surface area contributed by atoms with Gasteiger partial charge in [0.15, 0.2) is 11.5 Å². The highest BCUT2D eigenvalue weighted by molar-refractivity contribution is 5.98. The minimum atomic E-state index is -0.212. The fourth-order valence-electron chi connectivity index (χ4n) is 2.71. The zero-order valence-electron chi connectivity index (χ0n) is 15.7. The second-order valence-electron chi connectivity index (χ2n) is 5.86. The van der Waals surface area contributed by atoms with Crippen LogP contribution in [-0.4, -0.2) is 52.3 Å². The summed E-state index contributed by atoms with van der Waals surface area (Å²) in [5, 5.41) is 2.92. The van der Waals surface area contributed by atoms with Crippen LogP contribution in [0.15, 0.2) is 42.5 Å². The van der Waals surface area contributed by atoms with Crippen LogP contribution in [0.4, 0.5) is 0 Å². The van der Waals surface area contributed by atoms with Gasteiger partial charge >= 0.3 is 0 Å². The molecule has 0 aliphatic heterocycles. The maximum Gasteiger partial charge on any atom is 0.255 e. The Bertz CT molecular complexity index is 719. The highest BCUT2D eigenvalue weighted by atomic mass is 16.5. The van der Waals surface area contributed by atoms with Crippen molar-refractivity contribution in [2.75, 3.05) is 41.5 Å². The number of ether oxygens (including phenoxy) is 3. The molecule has 2 rings (SSSR count). The monoisotopic (exact) mass is 358 g/mol. The molecule has 0 heterocycles. The summed E-state index contributed by atoms with van der Waals surface area (Å²) >= 11 is 0. The maximum atomic E-state index is 12.5. The van der Waals surface area contributed by atoms with Crippen LogP contribution in [0.2, 0.25) is 0 Å². The van der Waals surface area contributed by atoms with E-state index in [0.29, 0.717) is 29.4 Å². The second-order valence-corrected chi connectivity index (χ2v) is 5.86. The van der Waals surface area contributed by atoms with Gasteiger partial charge in [-0.25, -0.2) is 0 Å². The Morgan fingerprint density at radius 2 is 1.65 bits per heavy atom. The molecule has 2 aromatic rings. The lowest BCUT2D eigenvalue weighted by atomic mass is 10.1. The molecular weight excluding hydrogens is 332 g/mol. The standard InChI is InChI=1S/C20H26N2O4/c1-22(14-15-8-6-5-7-9-15)13-12-21-20(23)16-10-11-17(24-2)19(26-4)18(16)25-3/h5-11H,12-14H2,1-4H3,(H,21,23). The van der Waals surface area contributed by atoms with Gasteiger partial charge < -0.3 is 24.4 Å². The number of hydrogen-bond donors (Lipinski definition) is 1. The summed E-state index contributed by atoms with van der Waals surface area (Å²) in [6.07, 6.45) is 0. The molecule has 0 saturated heterocycles. The van der Waals surface area contributed by atoms with E-state index in [1.54, 1.807) is 19.2 Å². The largest absolute Gasteiger partial charge is 0.493 e. The summed E-state index contributed by atoms with van der Waals surface area (Å²) in [7, 11) is 6.58. The number of rotatable bonds is 9. The van der Waals surface area contributed by atoms with E-state index in [1.165, 1.54) is 19.8 Å². The van der Waals surface area contributed by atoms with Crippen LogP contribution in [0.3, 0.4) is 0 Å². The fourth-order valence-corrected chi connectivity index (χ4v) is 2.71. The lowest BCUT2D eigenvalue weighted by Crippen LogP contribution is -2.33. The smallest absolute Gasteiger partial charge is 0.255 e. The van der Waals surface area contributed by atoms with E-state index in [0.717, 1.165) is 13.1 Å². The molecule has 0 atom stereocenters. The van der Waals surface area contributed by atoms with Crippen LogP contribution >= 0.6 is 0 Å². The SMILES string of the molecule is COc1ccc(C(=O)NCCN(C)Cc2ccccc2)c(OC)c1OC. The van der Waals surface area contributed by atoms with E-state index in [1.807, 2.05) is 25.2 Å². The van der Waals surface area contributed by atoms with Gasteiger partial charge in [0, 0.05) is 19.6 Å². The van der Waals surface area contributed by atoms with E-state index in [-0.39, 0.29) is 5.91 Å². The summed E-state index contributed by atoms with van der Waals surface area (Å²) in [6.45, 7) is 2.09. The predicted molar refractivity (Wildman–Crippen MR) is 101 cm³/mol. The first kappa shape index (κ1) is 19.6. The molecule has 6 nitrogen and oxygen atoms in total. The van der Waals surface area contributed by atoms with Gasteiger partial charge in [-0.05, 0) is 24.7 Å². The molecular formula is C20H26N2O4. The van der Waals surface area contributed by atoms with Crippen LogP contribution in [0.25, 0.3) is 0 Å². The number of hydrogen-bond acceptors (Lipinski definition) is 5. The molecule has 2 aromatic carbocycles. The van der Waals surface area contributed by atoms with Crippen molar-refractivity contribution in [3.8, 4) is 17.2 Å². The van der Waals surface area contributed by atoms with Crippen molar-refractivity contribution in [3.05, 3.63) is 53.6 Å². The lowest BCUT2D eigenvalue weighted by Gasteiger charge is -2.18. The Labute approximate surface area is 154 Å². The third-order valence-corrected chi connectivity index (χ3v) is 4.02. The number of likely N-dealkylation sites (N-methyl/N-ethyl adjacent to an activating group) is 1. The van der Waals surface area contributed by atoms with Gasteiger partial charge in [-0.15, -0.1) is 0 Å². The number of methoxy groups -OCH3 is 3. The zero-order chi connectivity index (χ0) is 18.9. The van der Waals surface area contributed by atoms with E-state index < -0.39 is 0 Å². The Morgan fingerprint density at radius 3 is 2.27 bits per heavy atom. The van der Waals surface area contributed by atoms with Crippen molar-refractivity contribution in [2.24, 2.45) is 0 Å². The van der Waals surface area contributed by atoms with Crippen LogP contribution in [0.1, 0.15) is 15.9 Å². The van der Waals surface area contributed by atoms with Gasteiger partial charge in [-0.3, -0.25) is 4.79 Å². The predicted octanol–water partition coefficient (Wildman–Crippen LogP) is 2.57. The number of benzene rings is 2. The number of carbonyl (C=O) groups is 1. The quantitative estimate of drug-likeness (QED) is 0.747. The van der Waals surface area contributed by atoms with Crippen molar-refractivity contribution in [1.82, 2.24) is 10.2 Å². The van der Waals surface area contributed by atoms with E-state index in [4.69, 9.17) is 14.2 Å². The van der Waals surface area contributed by atoms with Gasteiger partial charge in [-0.1, -0.05) is 30.3 Å². The number of amides is 1. The molecule has 0 radical (unpaired) electrons. The van der Waals surface area contributed by atoms with Crippen molar-refractivity contribution in [2.45, 2.75) is 6.54 Å². The molecule has 0 spiro atoms. The van der Waals surface area contributed by atoms with Gasteiger partial charge in [0.1, 0.15) is 0 Å². The van der Waals surface area contributed by atoms with E-state index in [2.05, 4.69) is 22.3 Å². The zero-order valence-corrected chi connectivity index (χ0v) is 15.7. The third kappa shape index (κ3) is 4.89. The Morgan fingerprint density at radius 1 is 0.962 bits per heavy atom. The van der Waals surface area contributed by atoms with Crippen LogP contribution in [0.5, 0.6) is 17.2 Å². The van der Waals surface area contributed by atoms with Crippen LogP contribution in [-0.2, 0) is 6.54 Å². The molecule has 26 heavy (non-hydrogen) atoms. The molecule has 1 N–H and O–H groups in total. The molecule has 0 aliphatic carbocycles. The number of nitrogens with zero attached hydrogens (tertiary/aromatic N) is 1. The highest BCUT2D eigenvalue weighted by Crippen LogP contribution is 2.39. The molecule has 0 aliphatic rings. The number of carbonyl (C=O) groups excluding carboxylic acids is 1. The topological polar surface area (TPSA) is 60.0 Å². The van der Waals surface area contributed by atoms with Gasteiger partial charge in [0.25, 0.3) is 5.91 Å². The summed E-state index contributed by atoms with van der Waals surface area (Å²) in [5.41, 5.74) is 1.65. The average Bonchev–Trinajstić information content (AvgIpc) is 2.67. The average molecular weight is 358 g/mol. The van der Waals surface area contributed by atoms with Crippen LogP contribution < -0.4 is 19.5 Å². The van der Waals surface area contributed by atoms with E-state index in [9.17, 15) is 4.79 Å². The summed E-state index contributed by atoms with van der Waals surface area (Å²) in [4.78, 5) is 14.7. The van der Waals surface area contributed by atoms with Gasteiger partial charge in [0.2, 0.25) is 5.75 Å². The van der Waals surface area contributed by atoms with Gasteiger partial charge in [0.05, 0.1) is 26.9 Å². The first-order valence-corrected chi connectivity index (χ1v) is 8.40. The Hall–Kier alpha value is -2.73. The highest BCUT2D eigenvalue weighted by Gasteiger charge is 2.20. The maximum absolute atomic E-state index is 12.5. The summed E-state index contributed by atoms with van der Waals surface area (Å²) in [5.74, 6) is 1.07. The summed E-state index contributed by atoms with van der Waals surface area (Å²) < 4.78 is 15.9. The summed E-state index contributed by atoms with van der Waals surface area (Å²) in [6, 6.07) is 13.6. The molecule has 0 bridgehead atoms. The number of nitrogens with one attached hydrogen (secondary N) is 1. The first-order valence-electron chi connectivity index (χ1n) is 8.40. The lowest BCUT2D eigenvalue weighted by molar-refractivity contribution is 0.0946. The molecule has 0 saturated carbocycles. The Balaban J connectivity index is 1.95. The minimum absolute atomic E-state index is 0.212. The fraction of sp³-hybridized carbons (Fsp3) is 0.350. The van der Waals surface area contributed by atoms with E-state index >= 15 is 0 Å². The van der Waals surface area contributed by atoms with Crippen molar-refractivity contribution >= 4 is 5.91 Å².